The van der Waals surface area contributed by atoms with Crippen molar-refractivity contribution in [2.75, 3.05) is 26.2 Å². The summed E-state index contributed by atoms with van der Waals surface area (Å²) < 4.78 is 5.77. The standard InChI is InChI=1S/C20H25N3O3/c1-20(2,16-6-8-21-9-7-16)14-22-19(25)23-10-11-26-18(13-23)15-4-3-5-17(24)12-15/h3-9,12,18,24H,10-11,13-14H2,1-2H3,(H,22,25). The number of morpholine rings is 1. The van der Waals surface area contributed by atoms with Crippen LogP contribution in [0.2, 0.25) is 0 Å². The van der Waals surface area contributed by atoms with E-state index in [2.05, 4.69) is 24.1 Å². The first-order valence-corrected chi connectivity index (χ1v) is 8.79. The van der Waals surface area contributed by atoms with Gasteiger partial charge in [-0.1, -0.05) is 26.0 Å². The highest BCUT2D eigenvalue weighted by Crippen LogP contribution is 2.25. The lowest BCUT2D eigenvalue weighted by Gasteiger charge is -2.34. The van der Waals surface area contributed by atoms with Gasteiger partial charge in [0.15, 0.2) is 0 Å². The lowest BCUT2D eigenvalue weighted by Crippen LogP contribution is -2.49. The third-order valence-electron chi connectivity index (χ3n) is 4.74. The number of aromatic nitrogens is 1. The van der Waals surface area contributed by atoms with Crippen LogP contribution < -0.4 is 5.32 Å². The van der Waals surface area contributed by atoms with Gasteiger partial charge in [0.1, 0.15) is 11.9 Å². The number of rotatable bonds is 4. The van der Waals surface area contributed by atoms with Crippen LogP contribution in [0.25, 0.3) is 0 Å². The first-order valence-electron chi connectivity index (χ1n) is 8.79. The van der Waals surface area contributed by atoms with E-state index in [1.807, 2.05) is 18.2 Å². The number of ether oxygens (including phenoxy) is 1. The van der Waals surface area contributed by atoms with Crippen molar-refractivity contribution < 1.29 is 14.6 Å². The minimum atomic E-state index is -0.227. The van der Waals surface area contributed by atoms with E-state index >= 15 is 0 Å². The lowest BCUT2D eigenvalue weighted by atomic mass is 9.85. The van der Waals surface area contributed by atoms with E-state index < -0.39 is 0 Å². The summed E-state index contributed by atoms with van der Waals surface area (Å²) >= 11 is 0. The van der Waals surface area contributed by atoms with Crippen LogP contribution in [-0.2, 0) is 10.2 Å². The highest BCUT2D eigenvalue weighted by Gasteiger charge is 2.27. The topological polar surface area (TPSA) is 74.7 Å². The Labute approximate surface area is 153 Å². The Morgan fingerprint density at radius 1 is 1.35 bits per heavy atom. The molecule has 1 atom stereocenters. The summed E-state index contributed by atoms with van der Waals surface area (Å²) in [5.74, 6) is 0.201. The van der Waals surface area contributed by atoms with Gasteiger partial charge in [-0.05, 0) is 35.4 Å². The highest BCUT2D eigenvalue weighted by molar-refractivity contribution is 5.74. The molecule has 2 aromatic rings. The van der Waals surface area contributed by atoms with Gasteiger partial charge in [-0.2, -0.15) is 0 Å². The average molecular weight is 355 g/mol. The van der Waals surface area contributed by atoms with E-state index in [1.54, 1.807) is 35.5 Å². The number of phenols is 1. The number of phenolic OH excluding ortho intramolecular Hbond substituents is 1. The number of pyridine rings is 1. The zero-order chi connectivity index (χ0) is 18.6. The van der Waals surface area contributed by atoms with Crippen LogP contribution in [0.5, 0.6) is 5.75 Å². The number of hydrogen-bond donors (Lipinski definition) is 2. The number of nitrogens with one attached hydrogen (secondary N) is 1. The summed E-state index contributed by atoms with van der Waals surface area (Å²) in [5, 5.41) is 12.7. The zero-order valence-electron chi connectivity index (χ0n) is 15.2. The maximum Gasteiger partial charge on any atom is 0.317 e. The fourth-order valence-electron chi connectivity index (χ4n) is 3.07. The molecule has 0 aliphatic carbocycles. The summed E-state index contributed by atoms with van der Waals surface area (Å²) in [6.45, 7) is 6.21. The number of benzene rings is 1. The summed E-state index contributed by atoms with van der Waals surface area (Å²) in [7, 11) is 0. The van der Waals surface area contributed by atoms with Gasteiger partial charge in [0.05, 0.1) is 13.2 Å². The van der Waals surface area contributed by atoms with E-state index in [4.69, 9.17) is 4.74 Å². The predicted octanol–water partition coefficient (Wildman–Crippen LogP) is 2.85. The fraction of sp³-hybridized carbons (Fsp3) is 0.400. The van der Waals surface area contributed by atoms with Crippen molar-refractivity contribution in [3.8, 4) is 5.75 Å². The van der Waals surface area contributed by atoms with Crippen molar-refractivity contribution in [3.05, 3.63) is 59.9 Å². The third kappa shape index (κ3) is 4.32. The van der Waals surface area contributed by atoms with Gasteiger partial charge >= 0.3 is 6.03 Å². The molecule has 0 bridgehead atoms. The second-order valence-corrected chi connectivity index (χ2v) is 7.18. The molecule has 1 saturated heterocycles. The number of carbonyl (C=O) groups is 1. The molecule has 1 aliphatic heterocycles. The molecule has 0 radical (unpaired) electrons. The smallest absolute Gasteiger partial charge is 0.317 e. The summed E-state index contributed by atoms with van der Waals surface area (Å²) in [5.41, 5.74) is 1.82. The van der Waals surface area contributed by atoms with Crippen molar-refractivity contribution in [1.82, 2.24) is 15.2 Å². The normalized spacial score (nSPS) is 17.8. The SMILES string of the molecule is CC(C)(CNC(=O)N1CCOC(c2cccc(O)c2)C1)c1ccncc1. The van der Waals surface area contributed by atoms with Crippen LogP contribution in [0.4, 0.5) is 4.79 Å². The highest BCUT2D eigenvalue weighted by atomic mass is 16.5. The summed E-state index contributed by atoms with van der Waals surface area (Å²) in [4.78, 5) is 18.4. The summed E-state index contributed by atoms with van der Waals surface area (Å²) in [6, 6.07) is 10.8. The quantitative estimate of drug-likeness (QED) is 0.884. The van der Waals surface area contributed by atoms with Gasteiger partial charge in [-0.3, -0.25) is 4.98 Å². The van der Waals surface area contributed by atoms with E-state index in [0.29, 0.717) is 26.2 Å². The largest absolute Gasteiger partial charge is 0.508 e. The molecule has 6 nitrogen and oxygen atoms in total. The first-order chi connectivity index (χ1) is 12.5. The number of nitrogens with zero attached hydrogens (tertiary/aromatic N) is 2. The van der Waals surface area contributed by atoms with E-state index in [-0.39, 0.29) is 23.3 Å². The Morgan fingerprint density at radius 3 is 2.85 bits per heavy atom. The van der Waals surface area contributed by atoms with Crippen molar-refractivity contribution >= 4 is 6.03 Å². The zero-order valence-corrected chi connectivity index (χ0v) is 15.2. The third-order valence-corrected chi connectivity index (χ3v) is 4.74. The molecule has 1 unspecified atom stereocenters. The molecule has 1 fully saturated rings. The van der Waals surface area contributed by atoms with Gasteiger partial charge in [0, 0.05) is 30.9 Å². The van der Waals surface area contributed by atoms with Crippen molar-refractivity contribution in [1.29, 1.82) is 0 Å². The predicted molar refractivity (Wildman–Crippen MR) is 99.0 cm³/mol. The Hall–Kier alpha value is -2.60. The fourth-order valence-corrected chi connectivity index (χ4v) is 3.07. The minimum Gasteiger partial charge on any atom is -0.508 e. The molecule has 138 valence electrons. The number of amides is 2. The van der Waals surface area contributed by atoms with Crippen LogP contribution in [0.15, 0.2) is 48.8 Å². The number of carbonyl (C=O) groups excluding carboxylic acids is 1. The van der Waals surface area contributed by atoms with Gasteiger partial charge < -0.3 is 20.1 Å². The van der Waals surface area contributed by atoms with Gasteiger partial charge in [-0.15, -0.1) is 0 Å². The average Bonchev–Trinajstić information content (AvgIpc) is 2.67. The molecule has 0 saturated carbocycles. The molecule has 2 heterocycles. The molecular formula is C20H25N3O3. The first kappa shape index (κ1) is 18.2. The van der Waals surface area contributed by atoms with Crippen LogP contribution in [0.1, 0.15) is 31.1 Å². The van der Waals surface area contributed by atoms with Gasteiger partial charge in [0.2, 0.25) is 0 Å². The van der Waals surface area contributed by atoms with Crippen LogP contribution >= 0.6 is 0 Å². The minimum absolute atomic E-state index is 0.0967. The van der Waals surface area contributed by atoms with E-state index in [0.717, 1.165) is 11.1 Å². The number of aromatic hydroxyl groups is 1. The van der Waals surface area contributed by atoms with Gasteiger partial charge in [0.25, 0.3) is 0 Å². The molecule has 1 aromatic heterocycles. The molecular weight excluding hydrogens is 330 g/mol. The molecule has 1 aromatic carbocycles. The van der Waals surface area contributed by atoms with Crippen molar-refractivity contribution in [3.63, 3.8) is 0 Å². The lowest BCUT2D eigenvalue weighted by molar-refractivity contribution is -0.0156. The maximum absolute atomic E-state index is 12.6. The Balaban J connectivity index is 1.59. The Kier molecular flexibility index (Phi) is 5.42. The summed E-state index contributed by atoms with van der Waals surface area (Å²) in [6.07, 6.45) is 3.30. The molecule has 1 aliphatic rings. The van der Waals surface area contributed by atoms with E-state index in [1.165, 1.54) is 0 Å². The molecule has 3 rings (SSSR count). The van der Waals surface area contributed by atoms with Gasteiger partial charge in [-0.25, -0.2) is 4.79 Å². The Bertz CT molecular complexity index is 749. The van der Waals surface area contributed by atoms with Crippen molar-refractivity contribution in [2.24, 2.45) is 0 Å². The monoisotopic (exact) mass is 355 g/mol. The van der Waals surface area contributed by atoms with E-state index in [9.17, 15) is 9.90 Å². The molecule has 2 amide bonds. The maximum atomic E-state index is 12.6. The molecule has 6 heteroatoms. The van der Waals surface area contributed by atoms with Crippen LogP contribution in [-0.4, -0.2) is 47.3 Å². The van der Waals surface area contributed by atoms with Crippen molar-refractivity contribution in [2.45, 2.75) is 25.4 Å². The van der Waals surface area contributed by atoms with Crippen LogP contribution in [0.3, 0.4) is 0 Å². The number of urea groups is 1. The second-order valence-electron chi connectivity index (χ2n) is 7.18. The van der Waals surface area contributed by atoms with Crippen LogP contribution in [0, 0.1) is 0 Å². The molecule has 26 heavy (non-hydrogen) atoms. The number of hydrogen-bond acceptors (Lipinski definition) is 4. The second kappa shape index (κ2) is 7.74. The Morgan fingerprint density at radius 2 is 2.12 bits per heavy atom. The molecule has 0 spiro atoms. The molecule has 2 N–H and O–H groups in total.